The van der Waals surface area contributed by atoms with Gasteiger partial charge in [0, 0.05) is 0 Å². The molecule has 8 nitrogen and oxygen atoms in total. The Bertz CT molecular complexity index is 1100. The minimum atomic E-state index is -1.51. The second-order valence-electron chi connectivity index (χ2n) is 7.23. The van der Waals surface area contributed by atoms with Crippen LogP contribution < -0.4 is 5.56 Å². The minimum absolute atomic E-state index is 0.0639. The molecule has 0 radical (unpaired) electrons. The molecule has 0 spiro atoms. The fourth-order valence-corrected chi connectivity index (χ4v) is 5.67. The van der Waals surface area contributed by atoms with Crippen LogP contribution in [0.3, 0.4) is 0 Å². The van der Waals surface area contributed by atoms with Gasteiger partial charge < -0.3 is 0 Å². The van der Waals surface area contributed by atoms with E-state index in [1.807, 2.05) is 18.2 Å². The van der Waals surface area contributed by atoms with Crippen LogP contribution in [0.2, 0.25) is 0 Å². The molecule has 3 aromatic rings. The Kier molecular flexibility index (Phi) is 6.04. The third kappa shape index (κ3) is 3.81. The molecule has 2 aromatic carbocycles. The van der Waals surface area contributed by atoms with Gasteiger partial charge in [-0.2, -0.15) is 0 Å². The van der Waals surface area contributed by atoms with Gasteiger partial charge in [0.15, 0.2) is 0 Å². The van der Waals surface area contributed by atoms with Crippen molar-refractivity contribution in [3.63, 3.8) is 0 Å². The summed E-state index contributed by atoms with van der Waals surface area (Å²) in [6, 6.07) is 14.1. The van der Waals surface area contributed by atoms with Crippen molar-refractivity contribution in [2.24, 2.45) is 0 Å². The molecule has 30 heavy (non-hydrogen) atoms. The number of aliphatic hydroxyl groups excluding tert-OH is 4. The van der Waals surface area contributed by atoms with Crippen LogP contribution in [0.25, 0.3) is 15.3 Å². The molecule has 2 unspecified atom stereocenters. The van der Waals surface area contributed by atoms with Gasteiger partial charge in [0.2, 0.25) is 0 Å². The Hall–Kier alpha value is -2.10. The van der Waals surface area contributed by atoms with E-state index in [1.54, 1.807) is 33.9 Å². The number of fused-ring (bicyclic) bond motifs is 1. The molecule has 0 amide bonds. The first-order chi connectivity index (χ1) is 14.4. The zero-order chi connectivity index (χ0) is 21.4. The zero-order valence-electron chi connectivity index (χ0n) is 15.8. The van der Waals surface area contributed by atoms with Crippen LogP contribution in [0.1, 0.15) is 16.8 Å². The molecular formula is C21H21NO7Se. The van der Waals surface area contributed by atoms with Gasteiger partial charge >= 0.3 is 177 Å². The number of benzene rings is 2. The number of carbonyl (C=O) groups excluding carboxylic acids is 1. The summed E-state index contributed by atoms with van der Waals surface area (Å²) in [5.74, 6) is -0.326. The van der Waals surface area contributed by atoms with Gasteiger partial charge in [-0.1, -0.05) is 0 Å². The van der Waals surface area contributed by atoms with E-state index < -0.39 is 37.1 Å². The molecule has 4 rings (SSSR count). The molecule has 4 N–H and O–H groups in total. The summed E-state index contributed by atoms with van der Waals surface area (Å²) in [4.78, 5) is 25.2. The van der Waals surface area contributed by atoms with E-state index in [-0.39, 0.29) is 32.5 Å². The summed E-state index contributed by atoms with van der Waals surface area (Å²) in [5, 5.41) is 39.8. The average Bonchev–Trinajstić information content (AvgIpc) is 3.11. The van der Waals surface area contributed by atoms with Gasteiger partial charge in [0.25, 0.3) is 0 Å². The van der Waals surface area contributed by atoms with Gasteiger partial charge in [0.1, 0.15) is 0 Å². The van der Waals surface area contributed by atoms with Crippen molar-refractivity contribution in [3.05, 3.63) is 64.4 Å². The predicted molar refractivity (Wildman–Crippen MR) is 109 cm³/mol. The van der Waals surface area contributed by atoms with E-state index in [0.717, 1.165) is 4.26 Å². The third-order valence-corrected chi connectivity index (χ3v) is 7.63. The Morgan fingerprint density at radius 3 is 2.30 bits per heavy atom. The van der Waals surface area contributed by atoms with E-state index in [2.05, 4.69) is 0 Å². The van der Waals surface area contributed by atoms with E-state index in [4.69, 9.17) is 4.74 Å². The maximum atomic E-state index is 12.6. The van der Waals surface area contributed by atoms with Gasteiger partial charge in [-0.25, -0.2) is 0 Å². The zero-order valence-corrected chi connectivity index (χ0v) is 17.5. The average molecular weight is 478 g/mol. The third-order valence-electron chi connectivity index (χ3n) is 5.29. The monoisotopic (exact) mass is 479 g/mol. The molecule has 0 aliphatic carbocycles. The molecule has 0 bridgehead atoms. The van der Waals surface area contributed by atoms with E-state index in [1.165, 1.54) is 0 Å². The molecule has 1 fully saturated rings. The van der Waals surface area contributed by atoms with Crippen LogP contribution in [0.4, 0.5) is 0 Å². The number of ketones is 1. The maximum absolute atomic E-state index is 12.6. The number of hydrogen-bond donors (Lipinski definition) is 4. The van der Waals surface area contributed by atoms with Gasteiger partial charge in [-0.3, -0.25) is 0 Å². The van der Waals surface area contributed by atoms with Gasteiger partial charge in [-0.05, 0) is 0 Å². The number of carbonyl (C=O) groups is 1. The number of nitrogens with zero attached hydrogens (tertiary/aromatic N) is 1. The Morgan fingerprint density at radius 2 is 1.63 bits per heavy atom. The molecule has 5 atom stereocenters. The first-order valence-electron chi connectivity index (χ1n) is 9.46. The Morgan fingerprint density at radius 1 is 0.967 bits per heavy atom. The predicted octanol–water partition coefficient (Wildman–Crippen LogP) is -0.537. The number of Topliss-reactive ketones (excluding diaryl/α,β-unsaturated/α-hetero) is 1. The van der Waals surface area contributed by atoms with Crippen LogP contribution in [0.5, 0.6) is 0 Å². The van der Waals surface area contributed by atoms with Gasteiger partial charge in [0.05, 0.1) is 0 Å². The van der Waals surface area contributed by atoms with Crippen molar-refractivity contribution in [2.75, 3.05) is 6.61 Å². The van der Waals surface area contributed by atoms with Crippen LogP contribution >= 0.6 is 0 Å². The molecule has 9 heteroatoms. The molecule has 1 aromatic heterocycles. The number of rotatable bonds is 5. The summed E-state index contributed by atoms with van der Waals surface area (Å²) in [5.41, 5.74) is 0.999. The molecule has 1 saturated heterocycles. The topological polar surface area (TPSA) is 129 Å². The van der Waals surface area contributed by atoms with Crippen molar-refractivity contribution in [2.45, 2.75) is 36.9 Å². The van der Waals surface area contributed by atoms with Crippen molar-refractivity contribution in [3.8, 4) is 5.69 Å². The first kappa shape index (κ1) is 21.1. The van der Waals surface area contributed by atoms with Crippen LogP contribution in [0.15, 0.2) is 53.3 Å². The molecule has 1 aliphatic rings. The van der Waals surface area contributed by atoms with E-state index in [0.29, 0.717) is 16.6 Å². The molecule has 2 heterocycles. The van der Waals surface area contributed by atoms with Gasteiger partial charge in [-0.15, -0.1) is 0 Å². The van der Waals surface area contributed by atoms with E-state index >= 15 is 0 Å². The number of ether oxygens (including phenoxy) is 1. The Balaban J connectivity index is 1.52. The van der Waals surface area contributed by atoms with Crippen molar-refractivity contribution >= 4 is 30.2 Å². The van der Waals surface area contributed by atoms with Crippen molar-refractivity contribution in [1.82, 2.24) is 3.56 Å². The SMILES string of the molecule is O=C(C[C@@H]1OC(CO)[C@@H](O)[C@H](O)C1O)c1ccc(-n2[se]c3ccccc3c2=O)cc1. The van der Waals surface area contributed by atoms with Crippen LogP contribution in [-0.2, 0) is 4.74 Å². The molecule has 0 saturated carbocycles. The van der Waals surface area contributed by atoms with Crippen molar-refractivity contribution < 1.29 is 30.0 Å². The number of hydrogen-bond acceptors (Lipinski definition) is 7. The Labute approximate surface area is 177 Å². The second-order valence-corrected chi connectivity index (χ2v) is 9.30. The number of aliphatic hydroxyl groups is 4. The standard InChI is InChI=1S/C21H21NO7Se/c23-10-16-19(26)20(27)18(25)15(29-16)9-14(24)11-5-7-12(8-6-11)22-21(28)13-3-1-2-4-17(13)30-22/h1-8,15-16,18-20,23,25-27H,9-10H2/t15-,16?,18?,19+,20+/m0/s1. The van der Waals surface area contributed by atoms with Crippen molar-refractivity contribution in [1.29, 1.82) is 0 Å². The summed E-state index contributed by atoms with van der Waals surface area (Å²) >= 11 is -0.171. The summed E-state index contributed by atoms with van der Waals surface area (Å²) < 4.78 is 8.11. The molecular weight excluding hydrogens is 457 g/mol. The number of aromatic nitrogens is 1. The quantitative estimate of drug-likeness (QED) is 0.287. The summed E-state index contributed by atoms with van der Waals surface area (Å²) in [6.07, 6.45) is -6.74. The first-order valence-corrected chi connectivity index (χ1v) is 11.1. The fraction of sp³-hybridized carbons (Fsp3) is 0.333. The fourth-order valence-electron chi connectivity index (χ4n) is 3.57. The molecule has 1 aliphatic heterocycles. The summed E-state index contributed by atoms with van der Waals surface area (Å²) in [7, 11) is 0. The summed E-state index contributed by atoms with van der Waals surface area (Å²) in [6.45, 7) is -0.543. The van der Waals surface area contributed by atoms with Crippen LogP contribution in [-0.4, -0.2) is 81.6 Å². The van der Waals surface area contributed by atoms with E-state index in [9.17, 15) is 30.0 Å². The normalized spacial score (nSPS) is 26.7. The van der Waals surface area contributed by atoms with Crippen LogP contribution in [0, 0.1) is 0 Å². The second kappa shape index (κ2) is 8.56. The molecule has 158 valence electrons.